The summed E-state index contributed by atoms with van der Waals surface area (Å²) in [5.74, 6) is 1.62. The van der Waals surface area contributed by atoms with Crippen LogP contribution < -0.4 is 5.73 Å². The van der Waals surface area contributed by atoms with Crippen LogP contribution >= 0.6 is 11.8 Å². The second kappa shape index (κ2) is 7.01. The van der Waals surface area contributed by atoms with Crippen LogP contribution in [-0.2, 0) is 9.59 Å². The molecule has 6 heteroatoms. The number of hydrogen-bond donors (Lipinski definition) is 1. The molecule has 0 aromatic heterocycles. The Morgan fingerprint density at radius 2 is 2.19 bits per heavy atom. The van der Waals surface area contributed by atoms with Gasteiger partial charge >= 0.3 is 0 Å². The molecule has 2 aliphatic heterocycles. The van der Waals surface area contributed by atoms with E-state index in [4.69, 9.17) is 5.73 Å². The summed E-state index contributed by atoms with van der Waals surface area (Å²) in [5.41, 5.74) is 5.85. The quantitative estimate of drug-likeness (QED) is 0.830. The summed E-state index contributed by atoms with van der Waals surface area (Å²) in [7, 11) is 0. The maximum Gasteiger partial charge on any atom is 0.246 e. The van der Waals surface area contributed by atoms with Crippen molar-refractivity contribution in [3.8, 4) is 0 Å². The monoisotopic (exact) mass is 313 g/mol. The Bertz CT molecular complexity index is 404. The molecule has 0 bridgehead atoms. The van der Waals surface area contributed by atoms with Gasteiger partial charge in [0.2, 0.25) is 11.8 Å². The highest BCUT2D eigenvalue weighted by atomic mass is 32.2. The number of rotatable bonds is 5. The molecule has 0 saturated carbocycles. The standard InChI is InChI=1S/C15H27N3O2S/c1-3-4-5-13(19)18-11-21-8-12(18)14(20)17-7-6-15(2,9-16)10-17/h12H,3-11,16H2,1-2H3. The highest BCUT2D eigenvalue weighted by molar-refractivity contribution is 7.99. The first-order valence-corrected chi connectivity index (χ1v) is 9.02. The van der Waals surface area contributed by atoms with Gasteiger partial charge < -0.3 is 15.5 Å². The first-order valence-electron chi connectivity index (χ1n) is 7.87. The van der Waals surface area contributed by atoms with Crippen molar-refractivity contribution in [1.29, 1.82) is 0 Å². The molecule has 2 fully saturated rings. The van der Waals surface area contributed by atoms with E-state index < -0.39 is 0 Å². The molecule has 0 spiro atoms. The predicted molar refractivity (Wildman–Crippen MR) is 85.8 cm³/mol. The fourth-order valence-electron chi connectivity index (χ4n) is 2.95. The zero-order valence-electron chi connectivity index (χ0n) is 13.1. The fourth-order valence-corrected chi connectivity index (χ4v) is 4.13. The van der Waals surface area contributed by atoms with Gasteiger partial charge in [-0.3, -0.25) is 9.59 Å². The largest absolute Gasteiger partial charge is 0.340 e. The molecule has 0 aromatic rings. The Kier molecular flexibility index (Phi) is 5.54. The van der Waals surface area contributed by atoms with Gasteiger partial charge in [-0.25, -0.2) is 0 Å². The SMILES string of the molecule is CCCCC(=O)N1CSCC1C(=O)N1CCC(C)(CN)C1. The van der Waals surface area contributed by atoms with Gasteiger partial charge in [-0.2, -0.15) is 0 Å². The highest BCUT2D eigenvalue weighted by Crippen LogP contribution is 2.31. The van der Waals surface area contributed by atoms with E-state index in [1.807, 2.05) is 4.90 Å². The minimum Gasteiger partial charge on any atom is -0.340 e. The maximum absolute atomic E-state index is 12.7. The van der Waals surface area contributed by atoms with Crippen LogP contribution in [0.4, 0.5) is 0 Å². The Hall–Kier alpha value is -0.750. The van der Waals surface area contributed by atoms with Gasteiger partial charge in [0.15, 0.2) is 0 Å². The number of carbonyl (C=O) groups is 2. The van der Waals surface area contributed by atoms with Gasteiger partial charge in [0.1, 0.15) is 6.04 Å². The number of nitrogens with zero attached hydrogens (tertiary/aromatic N) is 2. The van der Waals surface area contributed by atoms with Crippen molar-refractivity contribution in [3.05, 3.63) is 0 Å². The van der Waals surface area contributed by atoms with E-state index in [2.05, 4.69) is 13.8 Å². The topological polar surface area (TPSA) is 66.6 Å². The van der Waals surface area contributed by atoms with Crippen LogP contribution in [0.2, 0.25) is 0 Å². The molecule has 21 heavy (non-hydrogen) atoms. The van der Waals surface area contributed by atoms with Crippen molar-refractivity contribution in [3.63, 3.8) is 0 Å². The van der Waals surface area contributed by atoms with Crippen LogP contribution in [0, 0.1) is 5.41 Å². The van der Waals surface area contributed by atoms with Crippen molar-refractivity contribution in [2.45, 2.75) is 45.6 Å². The van der Waals surface area contributed by atoms with E-state index in [-0.39, 0.29) is 23.3 Å². The number of carbonyl (C=O) groups excluding carboxylic acids is 2. The zero-order chi connectivity index (χ0) is 15.5. The normalized spacial score (nSPS) is 29.2. The lowest BCUT2D eigenvalue weighted by molar-refractivity contribution is -0.143. The Labute approximate surface area is 131 Å². The molecule has 2 rings (SSSR count). The number of thioether (sulfide) groups is 1. The Morgan fingerprint density at radius 1 is 1.43 bits per heavy atom. The van der Waals surface area contributed by atoms with Crippen LogP contribution in [0.3, 0.4) is 0 Å². The van der Waals surface area contributed by atoms with E-state index in [0.717, 1.165) is 38.1 Å². The average molecular weight is 313 g/mol. The molecule has 2 N–H and O–H groups in total. The molecule has 0 aromatic carbocycles. The molecule has 2 atom stereocenters. The molecule has 5 nitrogen and oxygen atoms in total. The van der Waals surface area contributed by atoms with Crippen LogP contribution in [0.1, 0.15) is 39.5 Å². The zero-order valence-corrected chi connectivity index (χ0v) is 14.0. The summed E-state index contributed by atoms with van der Waals surface area (Å²) >= 11 is 1.68. The summed E-state index contributed by atoms with van der Waals surface area (Å²) < 4.78 is 0. The molecule has 0 aliphatic carbocycles. The summed E-state index contributed by atoms with van der Waals surface area (Å²) in [6.45, 7) is 6.31. The van der Waals surface area contributed by atoms with Crippen molar-refractivity contribution < 1.29 is 9.59 Å². The Morgan fingerprint density at radius 3 is 2.81 bits per heavy atom. The third-order valence-corrected chi connectivity index (χ3v) is 5.61. The third kappa shape index (κ3) is 3.72. The third-order valence-electron chi connectivity index (χ3n) is 4.59. The van der Waals surface area contributed by atoms with Gasteiger partial charge in [-0.05, 0) is 24.8 Å². The highest BCUT2D eigenvalue weighted by Gasteiger charge is 2.41. The summed E-state index contributed by atoms with van der Waals surface area (Å²) in [4.78, 5) is 28.6. The lowest BCUT2D eigenvalue weighted by atomic mass is 9.90. The molecule has 2 unspecified atom stereocenters. The first kappa shape index (κ1) is 16.6. The van der Waals surface area contributed by atoms with Gasteiger partial charge in [-0.1, -0.05) is 20.3 Å². The van der Waals surface area contributed by atoms with Gasteiger partial charge in [0.25, 0.3) is 0 Å². The van der Waals surface area contributed by atoms with Crippen molar-refractivity contribution in [2.24, 2.45) is 11.1 Å². The van der Waals surface area contributed by atoms with E-state index in [1.165, 1.54) is 0 Å². The van der Waals surface area contributed by atoms with Gasteiger partial charge in [0.05, 0.1) is 5.88 Å². The average Bonchev–Trinajstić information content (AvgIpc) is 3.11. The van der Waals surface area contributed by atoms with E-state index in [9.17, 15) is 9.59 Å². The summed E-state index contributed by atoms with van der Waals surface area (Å²) in [6.07, 6.45) is 3.42. The number of unbranched alkanes of at least 4 members (excludes halogenated alkanes) is 1. The van der Waals surface area contributed by atoms with Crippen molar-refractivity contribution in [1.82, 2.24) is 9.80 Å². The van der Waals surface area contributed by atoms with Crippen LogP contribution in [0.5, 0.6) is 0 Å². The molecule has 0 radical (unpaired) electrons. The minimum absolute atomic E-state index is 0.0401. The van der Waals surface area contributed by atoms with Gasteiger partial charge in [0, 0.05) is 25.3 Å². The van der Waals surface area contributed by atoms with Gasteiger partial charge in [-0.15, -0.1) is 11.8 Å². The lowest BCUT2D eigenvalue weighted by Gasteiger charge is -2.28. The molecular formula is C15H27N3O2S. The molecule has 2 amide bonds. The second-order valence-electron chi connectivity index (χ2n) is 6.51. The Balaban J connectivity index is 1.97. The van der Waals surface area contributed by atoms with Crippen molar-refractivity contribution >= 4 is 23.6 Å². The van der Waals surface area contributed by atoms with Crippen LogP contribution in [0.25, 0.3) is 0 Å². The number of nitrogens with two attached hydrogens (primary N) is 1. The van der Waals surface area contributed by atoms with Crippen LogP contribution in [-0.4, -0.2) is 58.9 Å². The molecule has 2 saturated heterocycles. The predicted octanol–water partition coefficient (Wildman–Crippen LogP) is 1.28. The first-order chi connectivity index (χ1) is 10.0. The second-order valence-corrected chi connectivity index (χ2v) is 7.51. The fraction of sp³-hybridized carbons (Fsp3) is 0.867. The van der Waals surface area contributed by atoms with Crippen molar-refractivity contribution in [2.75, 3.05) is 31.3 Å². The van der Waals surface area contributed by atoms with Crippen LogP contribution in [0.15, 0.2) is 0 Å². The number of amides is 2. The minimum atomic E-state index is -0.264. The lowest BCUT2D eigenvalue weighted by Crippen LogP contribution is -2.49. The van der Waals surface area contributed by atoms with E-state index in [1.54, 1.807) is 16.7 Å². The molecular weight excluding hydrogens is 286 g/mol. The maximum atomic E-state index is 12.7. The number of hydrogen-bond acceptors (Lipinski definition) is 4. The smallest absolute Gasteiger partial charge is 0.246 e. The summed E-state index contributed by atoms with van der Waals surface area (Å²) in [5, 5.41) is 0. The molecule has 2 heterocycles. The molecule has 2 aliphatic rings. The van der Waals surface area contributed by atoms with E-state index in [0.29, 0.717) is 18.8 Å². The number of likely N-dealkylation sites (tertiary alicyclic amines) is 1. The summed E-state index contributed by atoms with van der Waals surface area (Å²) in [6, 6.07) is -0.264. The molecule has 120 valence electrons. The van der Waals surface area contributed by atoms with E-state index >= 15 is 0 Å².